The zero-order valence-electron chi connectivity index (χ0n) is 4.88. The van der Waals surface area contributed by atoms with Crippen LogP contribution < -0.4 is 0 Å². The second-order valence-corrected chi connectivity index (χ2v) is 4.10. The van der Waals surface area contributed by atoms with Gasteiger partial charge in [-0.1, -0.05) is 0 Å². The zero-order chi connectivity index (χ0) is 8.65. The normalized spacial score (nSPS) is 12.1. The fourth-order valence-corrected chi connectivity index (χ4v) is 1.75. The van der Waals surface area contributed by atoms with Gasteiger partial charge in [-0.25, -0.2) is 4.39 Å². The van der Waals surface area contributed by atoms with Crippen molar-refractivity contribution in [2.75, 3.05) is 0 Å². The molecule has 0 bridgehead atoms. The van der Waals surface area contributed by atoms with Crippen LogP contribution in [0.1, 0.15) is 4.88 Å². The maximum Gasteiger partial charge on any atom is 0.425 e. The standard InChI is InChI=1S/C5HBrF4S/c6-4-2(7)1-3(11-4)5(8,9)10/h1H. The number of hydrogen-bond donors (Lipinski definition) is 0. The first-order valence-electron chi connectivity index (χ1n) is 2.43. The monoisotopic (exact) mass is 248 g/mol. The fourth-order valence-electron chi connectivity index (χ4n) is 0.486. The van der Waals surface area contributed by atoms with Crippen molar-refractivity contribution in [2.24, 2.45) is 0 Å². The number of hydrogen-bond acceptors (Lipinski definition) is 1. The molecule has 0 aliphatic heterocycles. The van der Waals surface area contributed by atoms with Gasteiger partial charge in [0.25, 0.3) is 0 Å². The van der Waals surface area contributed by atoms with E-state index in [1.54, 1.807) is 0 Å². The molecule has 11 heavy (non-hydrogen) atoms. The van der Waals surface area contributed by atoms with E-state index < -0.39 is 16.9 Å². The van der Waals surface area contributed by atoms with Crippen LogP contribution in [0.4, 0.5) is 17.6 Å². The van der Waals surface area contributed by atoms with Crippen LogP contribution in [0, 0.1) is 5.82 Å². The molecule has 0 spiro atoms. The van der Waals surface area contributed by atoms with Gasteiger partial charge in [-0.3, -0.25) is 0 Å². The summed E-state index contributed by atoms with van der Waals surface area (Å²) in [5.74, 6) is -0.873. The Morgan fingerprint density at radius 1 is 1.36 bits per heavy atom. The van der Waals surface area contributed by atoms with E-state index in [2.05, 4.69) is 15.9 Å². The number of thiophene rings is 1. The Hall–Kier alpha value is -0.100. The molecule has 0 saturated heterocycles. The second-order valence-electron chi connectivity index (χ2n) is 1.73. The summed E-state index contributed by atoms with van der Waals surface area (Å²) in [6, 6.07) is 0.467. The quantitative estimate of drug-likeness (QED) is 0.615. The van der Waals surface area contributed by atoms with Crippen LogP contribution in [0.5, 0.6) is 0 Å². The molecular formula is C5HBrF4S. The van der Waals surface area contributed by atoms with Crippen LogP contribution in [-0.2, 0) is 6.18 Å². The van der Waals surface area contributed by atoms with Crippen LogP contribution in [0.15, 0.2) is 9.85 Å². The third kappa shape index (κ3) is 1.93. The van der Waals surface area contributed by atoms with Crippen LogP contribution >= 0.6 is 27.3 Å². The van der Waals surface area contributed by atoms with Gasteiger partial charge in [-0.15, -0.1) is 11.3 Å². The molecule has 0 atom stereocenters. The molecule has 0 aliphatic rings. The van der Waals surface area contributed by atoms with Crippen LogP contribution in [-0.4, -0.2) is 0 Å². The molecular weight excluding hydrogens is 248 g/mol. The van der Waals surface area contributed by atoms with E-state index >= 15 is 0 Å². The molecule has 0 nitrogen and oxygen atoms in total. The highest BCUT2D eigenvalue weighted by Crippen LogP contribution is 2.38. The van der Waals surface area contributed by atoms with Gasteiger partial charge in [0.05, 0.1) is 0 Å². The summed E-state index contributed by atoms with van der Waals surface area (Å²) in [4.78, 5) is -0.929. The van der Waals surface area contributed by atoms with E-state index in [1.165, 1.54) is 0 Å². The number of halogens is 5. The molecule has 0 N–H and O–H groups in total. The van der Waals surface area contributed by atoms with E-state index in [4.69, 9.17) is 0 Å². The summed E-state index contributed by atoms with van der Waals surface area (Å²) in [5, 5.41) is 0. The minimum atomic E-state index is -4.45. The lowest BCUT2D eigenvalue weighted by atomic mass is 10.4. The summed E-state index contributed by atoms with van der Waals surface area (Å²) < 4.78 is 47.6. The van der Waals surface area contributed by atoms with Crippen molar-refractivity contribution < 1.29 is 17.6 Å². The fraction of sp³-hybridized carbons (Fsp3) is 0.200. The van der Waals surface area contributed by atoms with E-state index in [-0.39, 0.29) is 3.79 Å². The predicted molar refractivity (Wildman–Crippen MR) is 37.0 cm³/mol. The van der Waals surface area contributed by atoms with Crippen LogP contribution in [0.25, 0.3) is 0 Å². The van der Waals surface area contributed by atoms with Crippen LogP contribution in [0.2, 0.25) is 0 Å². The molecule has 0 saturated carbocycles. The smallest absolute Gasteiger partial charge is 0.205 e. The van der Waals surface area contributed by atoms with Crippen LogP contribution in [0.3, 0.4) is 0 Å². The van der Waals surface area contributed by atoms with Crippen molar-refractivity contribution in [3.05, 3.63) is 20.5 Å². The molecule has 1 heterocycles. The van der Waals surface area contributed by atoms with Crippen molar-refractivity contribution in [3.63, 3.8) is 0 Å². The SMILES string of the molecule is Fc1cc(C(F)(F)F)sc1Br. The van der Waals surface area contributed by atoms with Gasteiger partial charge in [0.1, 0.15) is 14.5 Å². The Labute approximate surface area is 72.0 Å². The van der Waals surface area contributed by atoms with Gasteiger partial charge in [-0.05, 0) is 22.0 Å². The molecule has 1 aromatic heterocycles. The maximum absolute atomic E-state index is 12.3. The molecule has 1 rings (SSSR count). The van der Waals surface area contributed by atoms with E-state index in [0.717, 1.165) is 0 Å². The van der Waals surface area contributed by atoms with Gasteiger partial charge < -0.3 is 0 Å². The molecule has 0 radical (unpaired) electrons. The maximum atomic E-state index is 12.3. The van der Waals surface area contributed by atoms with Crippen molar-refractivity contribution >= 4 is 27.3 Å². The van der Waals surface area contributed by atoms with Gasteiger partial charge in [-0.2, -0.15) is 13.2 Å². The lowest BCUT2D eigenvalue weighted by Gasteiger charge is -1.99. The zero-order valence-corrected chi connectivity index (χ0v) is 7.28. The molecule has 6 heteroatoms. The van der Waals surface area contributed by atoms with Crippen molar-refractivity contribution in [1.29, 1.82) is 0 Å². The highest BCUT2D eigenvalue weighted by Gasteiger charge is 2.33. The highest BCUT2D eigenvalue weighted by atomic mass is 79.9. The molecule has 0 unspecified atom stereocenters. The van der Waals surface area contributed by atoms with Gasteiger partial charge in [0.2, 0.25) is 0 Å². The minimum absolute atomic E-state index is 0.121. The number of alkyl halides is 3. The second kappa shape index (κ2) is 2.75. The first-order chi connectivity index (χ1) is 4.91. The largest absolute Gasteiger partial charge is 0.425 e. The third-order valence-electron chi connectivity index (χ3n) is 0.925. The molecule has 0 amide bonds. The van der Waals surface area contributed by atoms with E-state index in [9.17, 15) is 17.6 Å². The summed E-state index contributed by atoms with van der Waals surface area (Å²) in [5.41, 5.74) is 0. The van der Waals surface area contributed by atoms with Crippen molar-refractivity contribution in [2.45, 2.75) is 6.18 Å². The Morgan fingerprint density at radius 3 is 2.09 bits per heavy atom. The molecule has 0 aliphatic carbocycles. The van der Waals surface area contributed by atoms with E-state index in [1.807, 2.05) is 0 Å². The average molecular weight is 249 g/mol. The first-order valence-corrected chi connectivity index (χ1v) is 4.04. The first kappa shape index (κ1) is 8.99. The molecule has 0 fully saturated rings. The van der Waals surface area contributed by atoms with Gasteiger partial charge >= 0.3 is 6.18 Å². The Bertz CT molecular complexity index is 244. The summed E-state index contributed by atoms with van der Waals surface area (Å²) in [6.07, 6.45) is -4.45. The lowest BCUT2D eigenvalue weighted by Crippen LogP contribution is -2.00. The number of rotatable bonds is 0. The van der Waals surface area contributed by atoms with Gasteiger partial charge in [0.15, 0.2) is 0 Å². The predicted octanol–water partition coefficient (Wildman–Crippen LogP) is 3.67. The Morgan fingerprint density at radius 2 is 1.91 bits per heavy atom. The van der Waals surface area contributed by atoms with E-state index in [0.29, 0.717) is 17.4 Å². The lowest BCUT2D eigenvalue weighted by molar-refractivity contribution is -0.134. The third-order valence-corrected chi connectivity index (χ3v) is 2.73. The topological polar surface area (TPSA) is 0 Å². The summed E-state index contributed by atoms with van der Waals surface area (Å²) in [6.45, 7) is 0. The van der Waals surface area contributed by atoms with Crippen molar-refractivity contribution in [3.8, 4) is 0 Å². The summed E-state index contributed by atoms with van der Waals surface area (Å²) in [7, 11) is 0. The molecule has 62 valence electrons. The summed E-state index contributed by atoms with van der Waals surface area (Å²) >= 11 is 2.99. The Kier molecular flexibility index (Phi) is 2.24. The average Bonchev–Trinajstić information content (AvgIpc) is 2.11. The van der Waals surface area contributed by atoms with Gasteiger partial charge in [0, 0.05) is 0 Å². The molecule has 1 aromatic rings. The highest BCUT2D eigenvalue weighted by molar-refractivity contribution is 9.11. The van der Waals surface area contributed by atoms with Crippen molar-refractivity contribution in [1.82, 2.24) is 0 Å². The Balaban J connectivity index is 3.08. The minimum Gasteiger partial charge on any atom is -0.205 e. The molecule has 0 aromatic carbocycles.